The molecule has 2 heterocycles. The molecule has 0 saturated carbocycles. The van der Waals surface area contributed by atoms with E-state index in [2.05, 4.69) is 45.5 Å². The van der Waals surface area contributed by atoms with Crippen LogP contribution in [0.25, 0.3) is 11.1 Å². The summed E-state index contributed by atoms with van der Waals surface area (Å²) in [7, 11) is 0. The molecule has 4 rings (SSSR count). The topological polar surface area (TPSA) is 126 Å². The fourth-order valence-electron chi connectivity index (χ4n) is 4.45. The molecule has 0 radical (unpaired) electrons. The van der Waals surface area contributed by atoms with Crippen molar-refractivity contribution in [2.24, 2.45) is 0 Å². The van der Waals surface area contributed by atoms with Crippen molar-refractivity contribution < 1.29 is 4.42 Å². The molecule has 0 aliphatic heterocycles. The number of aromatic nitrogens is 3. The highest BCUT2D eigenvalue weighted by molar-refractivity contribution is 6.16. The van der Waals surface area contributed by atoms with Crippen molar-refractivity contribution in [1.82, 2.24) is 15.0 Å². The number of aryl methyl sites for hydroxylation is 2. The van der Waals surface area contributed by atoms with Crippen LogP contribution in [-0.2, 0) is 0 Å². The summed E-state index contributed by atoms with van der Waals surface area (Å²) < 4.78 is 5.92. The second kappa shape index (κ2) is 11.2. The molecule has 8 nitrogen and oxygen atoms in total. The number of oxazole rings is 1. The number of benzene rings is 2. The Balaban J connectivity index is 1.54. The van der Waals surface area contributed by atoms with E-state index >= 15 is 0 Å². The lowest BCUT2D eigenvalue weighted by Gasteiger charge is -2.21. The molecule has 0 aliphatic carbocycles. The first-order valence-corrected chi connectivity index (χ1v) is 12.6. The molecule has 0 bridgehead atoms. The highest BCUT2D eigenvalue weighted by Gasteiger charge is 2.19. The van der Waals surface area contributed by atoms with Gasteiger partial charge in [0, 0.05) is 17.3 Å². The smallest absolute Gasteiger partial charge is 0.300 e. The SMILES string of the molecule is CCCCC(CCC)Nc1ncnc(N)c1C(=N)c1ccc(Nc2nc3cc(C)cc(C)c3o2)cc1. The highest BCUT2D eigenvalue weighted by Crippen LogP contribution is 2.27. The van der Waals surface area contributed by atoms with E-state index in [0.717, 1.165) is 65.6 Å². The van der Waals surface area contributed by atoms with Crippen LogP contribution >= 0.6 is 0 Å². The van der Waals surface area contributed by atoms with Gasteiger partial charge >= 0.3 is 0 Å². The zero-order valence-electron chi connectivity index (χ0n) is 21.5. The summed E-state index contributed by atoms with van der Waals surface area (Å²) in [4.78, 5) is 13.2. The van der Waals surface area contributed by atoms with E-state index < -0.39 is 0 Å². The third-order valence-corrected chi connectivity index (χ3v) is 6.26. The average Bonchev–Trinajstić information content (AvgIpc) is 3.25. The molecule has 0 amide bonds. The first kappa shape index (κ1) is 25.2. The molecule has 36 heavy (non-hydrogen) atoms. The molecule has 2 aromatic heterocycles. The van der Waals surface area contributed by atoms with Crippen LogP contribution in [0, 0.1) is 19.3 Å². The minimum atomic E-state index is 0.279. The first-order valence-electron chi connectivity index (χ1n) is 12.6. The van der Waals surface area contributed by atoms with Gasteiger partial charge in [0.25, 0.3) is 6.01 Å². The van der Waals surface area contributed by atoms with Gasteiger partial charge in [0.1, 0.15) is 23.5 Å². The highest BCUT2D eigenvalue weighted by atomic mass is 16.4. The van der Waals surface area contributed by atoms with Crippen LogP contribution in [0.4, 0.5) is 23.3 Å². The molecule has 1 unspecified atom stereocenters. The zero-order chi connectivity index (χ0) is 25.7. The third-order valence-electron chi connectivity index (χ3n) is 6.26. The summed E-state index contributed by atoms with van der Waals surface area (Å²) in [6.45, 7) is 8.43. The Morgan fingerprint density at radius 2 is 1.83 bits per heavy atom. The predicted octanol–water partition coefficient (Wildman–Crippen LogP) is 6.75. The van der Waals surface area contributed by atoms with Crippen molar-refractivity contribution in [3.05, 3.63) is 65.0 Å². The number of unbranched alkanes of at least 4 members (excludes halogenated alkanes) is 1. The summed E-state index contributed by atoms with van der Waals surface area (Å²) >= 11 is 0. The summed E-state index contributed by atoms with van der Waals surface area (Å²) in [5, 5.41) is 15.6. The number of rotatable bonds is 11. The monoisotopic (exact) mass is 485 g/mol. The minimum Gasteiger partial charge on any atom is -0.423 e. The molecule has 8 heteroatoms. The maximum Gasteiger partial charge on any atom is 0.300 e. The molecule has 188 valence electrons. The maximum absolute atomic E-state index is 8.89. The third kappa shape index (κ3) is 5.64. The fourth-order valence-corrected chi connectivity index (χ4v) is 4.45. The van der Waals surface area contributed by atoms with Gasteiger partial charge in [0.2, 0.25) is 0 Å². The van der Waals surface area contributed by atoms with Crippen molar-refractivity contribution in [2.75, 3.05) is 16.4 Å². The zero-order valence-corrected chi connectivity index (χ0v) is 21.5. The van der Waals surface area contributed by atoms with Crippen LogP contribution in [0.3, 0.4) is 0 Å². The van der Waals surface area contributed by atoms with Gasteiger partial charge in [0.15, 0.2) is 5.58 Å². The second-order valence-corrected chi connectivity index (χ2v) is 9.28. The number of nitrogens with two attached hydrogens (primary N) is 1. The summed E-state index contributed by atoms with van der Waals surface area (Å²) in [5.41, 5.74) is 12.4. The largest absolute Gasteiger partial charge is 0.423 e. The van der Waals surface area contributed by atoms with E-state index in [4.69, 9.17) is 15.6 Å². The molecule has 4 aromatic rings. The molecular weight excluding hydrogens is 450 g/mol. The number of anilines is 4. The Bertz CT molecular complexity index is 1340. The number of hydrogen-bond donors (Lipinski definition) is 4. The number of fused-ring (bicyclic) bond motifs is 1. The van der Waals surface area contributed by atoms with Gasteiger partial charge in [-0.15, -0.1) is 0 Å². The van der Waals surface area contributed by atoms with Gasteiger partial charge < -0.3 is 20.8 Å². The van der Waals surface area contributed by atoms with Gasteiger partial charge in [0.05, 0.1) is 11.3 Å². The Morgan fingerprint density at radius 1 is 1.06 bits per heavy atom. The lowest BCUT2D eigenvalue weighted by molar-refractivity contribution is 0.562. The van der Waals surface area contributed by atoms with Crippen LogP contribution in [0.1, 0.15) is 68.2 Å². The summed E-state index contributed by atoms with van der Waals surface area (Å²) in [6, 6.07) is 12.3. The molecule has 2 aromatic carbocycles. The Labute approximate surface area is 212 Å². The quantitative estimate of drug-likeness (QED) is 0.173. The van der Waals surface area contributed by atoms with Crippen molar-refractivity contribution in [2.45, 2.75) is 65.8 Å². The van der Waals surface area contributed by atoms with E-state index in [-0.39, 0.29) is 11.8 Å². The van der Waals surface area contributed by atoms with Crippen LogP contribution in [0.15, 0.2) is 47.1 Å². The number of nitrogens with one attached hydrogen (secondary N) is 3. The Kier molecular flexibility index (Phi) is 7.83. The molecular formula is C28H35N7O. The first-order chi connectivity index (χ1) is 17.4. The molecule has 5 N–H and O–H groups in total. The Hall–Kier alpha value is -3.94. The molecule has 0 aliphatic rings. The lowest BCUT2D eigenvalue weighted by Crippen LogP contribution is -2.23. The van der Waals surface area contributed by atoms with E-state index in [1.807, 2.05) is 44.2 Å². The number of nitrogens with zero attached hydrogens (tertiary/aromatic N) is 3. The van der Waals surface area contributed by atoms with Crippen LogP contribution in [0.2, 0.25) is 0 Å². The maximum atomic E-state index is 8.89. The summed E-state index contributed by atoms with van der Waals surface area (Å²) in [6.07, 6.45) is 6.89. The minimum absolute atomic E-state index is 0.279. The van der Waals surface area contributed by atoms with E-state index in [1.165, 1.54) is 6.33 Å². The Morgan fingerprint density at radius 3 is 2.56 bits per heavy atom. The average molecular weight is 486 g/mol. The van der Waals surface area contributed by atoms with Gasteiger partial charge in [-0.05, 0) is 56.0 Å². The van der Waals surface area contributed by atoms with E-state index in [1.54, 1.807) is 0 Å². The standard InChI is InChI=1S/C28H35N7O/c1-5-7-9-20(8-6-2)33-27-23(26(30)31-16-32-27)24(29)19-10-12-21(13-11-19)34-28-35-22-15-17(3)14-18(4)25(22)36-28/h10-16,20,29H,5-9H2,1-4H3,(H,34,35)(H3,30,31,32,33). The predicted molar refractivity (Wildman–Crippen MR) is 147 cm³/mol. The molecule has 0 saturated heterocycles. The van der Waals surface area contributed by atoms with Crippen molar-refractivity contribution in [3.63, 3.8) is 0 Å². The number of nitrogen functional groups attached to an aromatic ring is 1. The van der Waals surface area contributed by atoms with Gasteiger partial charge in [-0.1, -0.05) is 51.3 Å². The second-order valence-electron chi connectivity index (χ2n) is 9.28. The fraction of sp³-hybridized carbons (Fsp3) is 0.357. The molecule has 0 spiro atoms. The number of hydrogen-bond acceptors (Lipinski definition) is 8. The molecule has 1 atom stereocenters. The van der Waals surface area contributed by atoms with Gasteiger partial charge in [-0.25, -0.2) is 9.97 Å². The van der Waals surface area contributed by atoms with Crippen molar-refractivity contribution in [1.29, 1.82) is 5.41 Å². The van der Waals surface area contributed by atoms with Gasteiger partial charge in [-0.3, -0.25) is 5.41 Å². The van der Waals surface area contributed by atoms with Crippen LogP contribution < -0.4 is 16.4 Å². The normalized spacial score (nSPS) is 12.0. The van der Waals surface area contributed by atoms with E-state index in [9.17, 15) is 0 Å². The van der Waals surface area contributed by atoms with Gasteiger partial charge in [-0.2, -0.15) is 4.98 Å². The van der Waals surface area contributed by atoms with Crippen molar-refractivity contribution >= 4 is 40.1 Å². The van der Waals surface area contributed by atoms with Crippen LogP contribution in [0.5, 0.6) is 0 Å². The van der Waals surface area contributed by atoms with E-state index in [0.29, 0.717) is 23.2 Å². The van der Waals surface area contributed by atoms with Crippen LogP contribution in [-0.4, -0.2) is 26.7 Å². The van der Waals surface area contributed by atoms with Crippen molar-refractivity contribution in [3.8, 4) is 0 Å². The molecule has 0 fully saturated rings. The lowest BCUT2D eigenvalue weighted by atomic mass is 10.0. The summed E-state index contributed by atoms with van der Waals surface area (Å²) in [5.74, 6) is 0.906.